The van der Waals surface area contributed by atoms with E-state index in [2.05, 4.69) is 26.1 Å². The molecule has 0 aliphatic heterocycles. The number of aromatic nitrogens is 2. The fourth-order valence-electron chi connectivity index (χ4n) is 3.20. The molecule has 0 fully saturated rings. The molecule has 0 unspecified atom stereocenters. The van der Waals surface area contributed by atoms with Crippen LogP contribution < -0.4 is 26.4 Å². The van der Waals surface area contributed by atoms with Gasteiger partial charge in [-0.25, -0.2) is 9.78 Å². The van der Waals surface area contributed by atoms with Gasteiger partial charge in [0.2, 0.25) is 0 Å². The van der Waals surface area contributed by atoms with Crippen molar-refractivity contribution in [2.75, 3.05) is 16.0 Å². The molecular formula is C27H26N6O5. The second-order valence-corrected chi connectivity index (χ2v) is 9.31. The number of carbonyl (C=O) groups is 3. The molecule has 11 nitrogen and oxygen atoms in total. The van der Waals surface area contributed by atoms with E-state index in [1.54, 1.807) is 60.7 Å². The van der Waals surface area contributed by atoms with Gasteiger partial charge in [0.05, 0.1) is 6.20 Å². The number of primary amides is 1. The summed E-state index contributed by atoms with van der Waals surface area (Å²) >= 11 is 0. The first-order valence-corrected chi connectivity index (χ1v) is 11.6. The van der Waals surface area contributed by atoms with Crippen molar-refractivity contribution in [1.29, 1.82) is 0 Å². The van der Waals surface area contributed by atoms with Gasteiger partial charge in [0, 0.05) is 28.4 Å². The number of pyridine rings is 1. The summed E-state index contributed by atoms with van der Waals surface area (Å²) in [6, 6.07) is 17.4. The van der Waals surface area contributed by atoms with Crippen molar-refractivity contribution in [2.24, 2.45) is 5.73 Å². The van der Waals surface area contributed by atoms with Gasteiger partial charge in [0.1, 0.15) is 23.0 Å². The van der Waals surface area contributed by atoms with Crippen LogP contribution in [0.3, 0.4) is 0 Å². The normalized spacial score (nSPS) is 10.9. The SMILES string of the molecule is CC(C)(C)c1cc(NC(=O)Nc2ccc(C(=O)Nc3ccc(Oc4ccc(C(N)=O)nc4)cc3)cc2)no1. The average molecular weight is 515 g/mol. The molecule has 0 saturated heterocycles. The molecule has 5 N–H and O–H groups in total. The number of ether oxygens (including phenoxy) is 1. The summed E-state index contributed by atoms with van der Waals surface area (Å²) in [4.78, 5) is 39.9. The van der Waals surface area contributed by atoms with Crippen LogP contribution >= 0.6 is 0 Å². The molecule has 0 atom stereocenters. The first-order valence-electron chi connectivity index (χ1n) is 11.6. The van der Waals surface area contributed by atoms with Gasteiger partial charge in [-0.2, -0.15) is 0 Å². The number of rotatable bonds is 7. The van der Waals surface area contributed by atoms with E-state index in [1.807, 2.05) is 20.8 Å². The number of carbonyl (C=O) groups excluding carboxylic acids is 3. The summed E-state index contributed by atoms with van der Waals surface area (Å²) in [7, 11) is 0. The maximum atomic E-state index is 12.6. The Hall–Kier alpha value is -5.19. The van der Waals surface area contributed by atoms with Crippen molar-refractivity contribution in [3.8, 4) is 11.5 Å². The van der Waals surface area contributed by atoms with E-state index >= 15 is 0 Å². The van der Waals surface area contributed by atoms with E-state index in [0.29, 0.717) is 40.0 Å². The first-order chi connectivity index (χ1) is 18.1. The maximum Gasteiger partial charge on any atom is 0.324 e. The highest BCUT2D eigenvalue weighted by molar-refractivity contribution is 6.05. The molecule has 194 valence electrons. The minimum Gasteiger partial charge on any atom is -0.456 e. The van der Waals surface area contributed by atoms with E-state index in [1.165, 1.54) is 12.3 Å². The Morgan fingerprint density at radius 1 is 0.842 bits per heavy atom. The Labute approximate surface area is 218 Å². The number of nitrogens with two attached hydrogens (primary N) is 1. The van der Waals surface area contributed by atoms with Gasteiger partial charge in [-0.05, 0) is 60.7 Å². The molecule has 2 heterocycles. The second-order valence-electron chi connectivity index (χ2n) is 9.31. The summed E-state index contributed by atoms with van der Waals surface area (Å²) in [5, 5.41) is 11.9. The summed E-state index contributed by atoms with van der Waals surface area (Å²) in [5.74, 6) is 0.968. The number of hydrogen-bond acceptors (Lipinski definition) is 7. The Balaban J connectivity index is 1.29. The predicted molar refractivity (Wildman–Crippen MR) is 142 cm³/mol. The zero-order valence-electron chi connectivity index (χ0n) is 20.9. The number of hydrogen-bond donors (Lipinski definition) is 4. The molecule has 0 aliphatic carbocycles. The van der Waals surface area contributed by atoms with Crippen LogP contribution in [0.5, 0.6) is 11.5 Å². The van der Waals surface area contributed by atoms with Crippen molar-refractivity contribution < 1.29 is 23.6 Å². The summed E-state index contributed by atoms with van der Waals surface area (Å²) in [6.07, 6.45) is 1.40. The molecule has 38 heavy (non-hydrogen) atoms. The van der Waals surface area contributed by atoms with E-state index in [4.69, 9.17) is 15.0 Å². The smallest absolute Gasteiger partial charge is 0.324 e. The van der Waals surface area contributed by atoms with Gasteiger partial charge < -0.3 is 25.6 Å². The fraction of sp³-hybridized carbons (Fsp3) is 0.148. The summed E-state index contributed by atoms with van der Waals surface area (Å²) < 4.78 is 10.9. The predicted octanol–water partition coefficient (Wildman–Crippen LogP) is 5.15. The molecule has 4 aromatic rings. The Bertz CT molecular complexity index is 1440. The van der Waals surface area contributed by atoms with Crippen LogP contribution in [0, 0.1) is 0 Å². The van der Waals surface area contributed by atoms with Crippen molar-refractivity contribution in [1.82, 2.24) is 10.1 Å². The van der Waals surface area contributed by atoms with Crippen LogP contribution in [-0.2, 0) is 5.41 Å². The van der Waals surface area contributed by atoms with Crippen molar-refractivity contribution in [2.45, 2.75) is 26.2 Å². The van der Waals surface area contributed by atoms with E-state index in [-0.39, 0.29) is 17.0 Å². The highest BCUT2D eigenvalue weighted by Crippen LogP contribution is 2.25. The average Bonchev–Trinajstić information content (AvgIpc) is 3.35. The number of benzene rings is 2. The van der Waals surface area contributed by atoms with Crippen LogP contribution in [0.2, 0.25) is 0 Å². The van der Waals surface area contributed by atoms with Crippen LogP contribution in [-0.4, -0.2) is 28.0 Å². The molecule has 0 radical (unpaired) electrons. The van der Waals surface area contributed by atoms with Crippen LogP contribution in [0.25, 0.3) is 0 Å². The number of urea groups is 1. The molecule has 0 bridgehead atoms. The number of nitrogens with one attached hydrogen (secondary N) is 3. The van der Waals surface area contributed by atoms with Crippen LogP contribution in [0.4, 0.5) is 22.0 Å². The molecule has 0 aliphatic rings. The van der Waals surface area contributed by atoms with E-state index in [9.17, 15) is 14.4 Å². The molecule has 0 spiro atoms. The third kappa shape index (κ3) is 6.72. The van der Waals surface area contributed by atoms with Crippen molar-refractivity contribution >= 4 is 35.0 Å². The van der Waals surface area contributed by atoms with Gasteiger partial charge in [-0.3, -0.25) is 14.9 Å². The standard InChI is InChI=1S/C27H26N6O5/c1-27(2,3)22-14-23(33-38-22)32-26(36)31-18-6-4-16(5-7-18)25(35)30-17-8-10-19(11-9-17)37-20-12-13-21(24(28)34)29-15-20/h4-15H,1-3H3,(H2,28,34)(H,30,35)(H2,31,32,33,36). The Morgan fingerprint density at radius 2 is 1.47 bits per heavy atom. The van der Waals surface area contributed by atoms with Gasteiger partial charge in [-0.15, -0.1) is 0 Å². The largest absolute Gasteiger partial charge is 0.456 e. The lowest BCUT2D eigenvalue weighted by Crippen LogP contribution is -2.19. The minimum absolute atomic E-state index is 0.142. The minimum atomic E-state index is -0.620. The second kappa shape index (κ2) is 10.8. The third-order valence-electron chi connectivity index (χ3n) is 5.23. The quantitative estimate of drug-likeness (QED) is 0.265. The first kappa shape index (κ1) is 25.9. The lowest BCUT2D eigenvalue weighted by atomic mass is 9.93. The van der Waals surface area contributed by atoms with E-state index in [0.717, 1.165) is 0 Å². The Morgan fingerprint density at radius 3 is 2.05 bits per heavy atom. The van der Waals surface area contributed by atoms with Crippen molar-refractivity contribution in [3.63, 3.8) is 0 Å². The molecule has 11 heteroatoms. The molecule has 4 amide bonds. The van der Waals surface area contributed by atoms with Gasteiger partial charge >= 0.3 is 6.03 Å². The van der Waals surface area contributed by atoms with Gasteiger partial charge in [-0.1, -0.05) is 25.9 Å². The van der Waals surface area contributed by atoms with Crippen molar-refractivity contribution in [3.05, 3.63) is 89.9 Å². The van der Waals surface area contributed by atoms with Crippen LogP contribution in [0.15, 0.2) is 77.4 Å². The fourth-order valence-corrected chi connectivity index (χ4v) is 3.20. The number of anilines is 3. The van der Waals surface area contributed by atoms with Gasteiger partial charge in [0.15, 0.2) is 5.82 Å². The lowest BCUT2D eigenvalue weighted by molar-refractivity contribution is 0.0993. The highest BCUT2D eigenvalue weighted by Gasteiger charge is 2.20. The zero-order valence-corrected chi connectivity index (χ0v) is 20.9. The highest BCUT2D eigenvalue weighted by atomic mass is 16.5. The molecule has 2 aromatic heterocycles. The summed E-state index contributed by atoms with van der Waals surface area (Å²) in [5.41, 5.74) is 6.56. The third-order valence-corrected chi connectivity index (χ3v) is 5.23. The number of amides is 4. The Kier molecular flexibility index (Phi) is 7.38. The van der Waals surface area contributed by atoms with E-state index < -0.39 is 11.9 Å². The monoisotopic (exact) mass is 514 g/mol. The molecule has 2 aromatic carbocycles. The summed E-state index contributed by atoms with van der Waals surface area (Å²) in [6.45, 7) is 5.94. The molecular weight excluding hydrogens is 488 g/mol. The maximum absolute atomic E-state index is 12.6. The number of nitrogens with zero attached hydrogens (tertiary/aromatic N) is 2. The molecule has 0 saturated carbocycles. The van der Waals surface area contributed by atoms with Crippen LogP contribution in [0.1, 0.15) is 47.4 Å². The van der Waals surface area contributed by atoms with Gasteiger partial charge in [0.25, 0.3) is 11.8 Å². The topological polar surface area (TPSA) is 161 Å². The molecule has 4 rings (SSSR count). The zero-order chi connectivity index (χ0) is 27.3. The lowest BCUT2D eigenvalue weighted by Gasteiger charge is -2.12.